The van der Waals surface area contributed by atoms with Crippen LogP contribution in [0.3, 0.4) is 0 Å². The molecule has 6 heteroatoms. The predicted molar refractivity (Wildman–Crippen MR) is 120 cm³/mol. The lowest BCUT2D eigenvalue weighted by Gasteiger charge is -2.27. The smallest absolute Gasteiger partial charge is 0.344 e. The predicted octanol–water partition coefficient (Wildman–Crippen LogP) is 5.95. The first-order valence-electron chi connectivity index (χ1n) is 9.66. The minimum Gasteiger partial charge on any atom is -0.455 e. The third-order valence-corrected chi connectivity index (χ3v) is 6.11. The molecule has 6 rings (SSSR count). The van der Waals surface area contributed by atoms with Crippen LogP contribution in [0, 0.1) is 0 Å². The van der Waals surface area contributed by atoms with Gasteiger partial charge in [-0.25, -0.2) is 9.59 Å². The van der Waals surface area contributed by atoms with E-state index in [4.69, 9.17) is 13.6 Å². The Morgan fingerprint density at radius 1 is 0.645 bits per heavy atom. The van der Waals surface area contributed by atoms with Crippen molar-refractivity contribution in [2.24, 2.45) is 0 Å². The van der Waals surface area contributed by atoms with Gasteiger partial charge in [-0.1, -0.05) is 52.3 Å². The average Bonchev–Trinajstić information content (AvgIpc) is 2.79. The summed E-state index contributed by atoms with van der Waals surface area (Å²) in [5, 5.41) is 1.34. The Morgan fingerprint density at radius 3 is 1.65 bits per heavy atom. The third-order valence-electron chi connectivity index (χ3n) is 5.58. The summed E-state index contributed by atoms with van der Waals surface area (Å²) in [7, 11) is 0. The van der Waals surface area contributed by atoms with Crippen molar-refractivity contribution in [1.82, 2.24) is 0 Å². The normalized spacial score (nSPS) is 13.1. The molecule has 3 heterocycles. The maximum Gasteiger partial charge on any atom is 0.344 e. The molecule has 3 aromatic carbocycles. The second kappa shape index (κ2) is 6.68. The number of fused-ring (bicyclic) bond motifs is 6. The molecule has 0 atom stereocenters. The molecule has 0 amide bonds. The highest BCUT2D eigenvalue weighted by Crippen LogP contribution is 2.49. The molecule has 5 aromatic rings. The minimum absolute atomic E-state index is 0.288. The highest BCUT2D eigenvalue weighted by atomic mass is 79.9. The summed E-state index contributed by atoms with van der Waals surface area (Å²) in [6, 6.07) is 21.9. The molecule has 31 heavy (non-hydrogen) atoms. The zero-order chi connectivity index (χ0) is 21.1. The van der Waals surface area contributed by atoms with Crippen molar-refractivity contribution in [3.8, 4) is 11.5 Å². The van der Waals surface area contributed by atoms with Gasteiger partial charge >= 0.3 is 11.3 Å². The molecule has 1 aliphatic heterocycles. The van der Waals surface area contributed by atoms with Crippen molar-refractivity contribution >= 4 is 37.9 Å². The van der Waals surface area contributed by atoms with E-state index in [1.165, 1.54) is 0 Å². The first-order valence-corrected chi connectivity index (χ1v) is 10.5. The maximum atomic E-state index is 13.1. The van der Waals surface area contributed by atoms with Crippen LogP contribution in [-0.4, -0.2) is 0 Å². The topological polar surface area (TPSA) is 69.7 Å². The van der Waals surface area contributed by atoms with Crippen LogP contribution >= 0.6 is 15.9 Å². The monoisotopic (exact) mass is 472 g/mol. The van der Waals surface area contributed by atoms with Crippen LogP contribution < -0.4 is 16.0 Å². The van der Waals surface area contributed by atoms with Crippen LogP contribution in [0.1, 0.15) is 22.6 Å². The van der Waals surface area contributed by atoms with Crippen LogP contribution in [-0.2, 0) is 0 Å². The summed E-state index contributed by atoms with van der Waals surface area (Å²) in [6.45, 7) is 0. The van der Waals surface area contributed by atoms with Crippen molar-refractivity contribution < 1.29 is 13.6 Å². The summed E-state index contributed by atoms with van der Waals surface area (Å²) < 4.78 is 18.4. The van der Waals surface area contributed by atoms with Crippen LogP contribution in [0.2, 0.25) is 0 Å². The quantitative estimate of drug-likeness (QED) is 0.276. The van der Waals surface area contributed by atoms with Crippen molar-refractivity contribution in [1.29, 1.82) is 0 Å². The molecule has 2 aromatic heterocycles. The van der Waals surface area contributed by atoms with E-state index in [-0.39, 0.29) is 11.1 Å². The Balaban J connectivity index is 1.79. The third kappa shape index (κ3) is 2.68. The summed E-state index contributed by atoms with van der Waals surface area (Å²) in [5.41, 5.74) is 1.11. The molecule has 0 N–H and O–H groups in total. The number of hydrogen-bond donors (Lipinski definition) is 0. The lowest BCUT2D eigenvalue weighted by molar-refractivity contribution is 0.429. The number of rotatable bonds is 1. The van der Waals surface area contributed by atoms with E-state index in [2.05, 4.69) is 15.9 Å². The lowest BCUT2D eigenvalue weighted by Crippen LogP contribution is -2.26. The zero-order valence-corrected chi connectivity index (χ0v) is 17.5. The molecule has 0 bridgehead atoms. The van der Waals surface area contributed by atoms with Crippen molar-refractivity contribution in [3.63, 3.8) is 0 Å². The van der Waals surface area contributed by atoms with Gasteiger partial charge in [-0.05, 0) is 42.0 Å². The first kappa shape index (κ1) is 18.2. The number of benzene rings is 3. The van der Waals surface area contributed by atoms with E-state index >= 15 is 0 Å². The molecule has 5 nitrogen and oxygen atoms in total. The van der Waals surface area contributed by atoms with Crippen molar-refractivity contribution in [2.45, 2.75) is 5.92 Å². The number of ether oxygens (including phenoxy) is 1. The fraction of sp³-hybridized carbons (Fsp3) is 0.0400. The van der Waals surface area contributed by atoms with Crippen molar-refractivity contribution in [3.05, 3.63) is 115 Å². The molecule has 0 radical (unpaired) electrons. The first-order chi connectivity index (χ1) is 15.1. The van der Waals surface area contributed by atoms with E-state index in [9.17, 15) is 9.59 Å². The number of halogens is 1. The summed E-state index contributed by atoms with van der Waals surface area (Å²) in [6.07, 6.45) is 0. The standard InChI is InChI=1S/C25H13BrO5/c26-14-11-9-13(10-12-14)19-20-22(15-5-1-3-7-17(15)29-24(20)27)31-23-16-6-2-4-8-18(16)30-25(28)21(19)23/h1-12,19H. The van der Waals surface area contributed by atoms with Gasteiger partial charge in [0.25, 0.3) is 0 Å². The maximum absolute atomic E-state index is 13.1. The summed E-state index contributed by atoms with van der Waals surface area (Å²) in [5.74, 6) is 0.125. The fourth-order valence-electron chi connectivity index (χ4n) is 4.22. The molecule has 0 aliphatic carbocycles. The minimum atomic E-state index is -0.687. The van der Waals surface area contributed by atoms with Crippen LogP contribution in [0.5, 0.6) is 11.5 Å². The van der Waals surface area contributed by atoms with Crippen LogP contribution in [0.15, 0.2) is 95.7 Å². The molecule has 0 unspecified atom stereocenters. The van der Waals surface area contributed by atoms with E-state index < -0.39 is 17.2 Å². The van der Waals surface area contributed by atoms with E-state index in [1.54, 1.807) is 24.3 Å². The van der Waals surface area contributed by atoms with Gasteiger partial charge in [0.15, 0.2) is 0 Å². The van der Waals surface area contributed by atoms with Gasteiger partial charge in [0.2, 0.25) is 0 Å². The molecule has 0 saturated carbocycles. The zero-order valence-electron chi connectivity index (χ0n) is 15.9. The van der Waals surface area contributed by atoms with Gasteiger partial charge in [0, 0.05) is 4.47 Å². The molecule has 1 aliphatic rings. The highest BCUT2D eigenvalue weighted by Gasteiger charge is 2.37. The lowest BCUT2D eigenvalue weighted by atomic mass is 9.83. The Hall–Kier alpha value is -3.64. The van der Waals surface area contributed by atoms with E-state index in [0.29, 0.717) is 33.4 Å². The van der Waals surface area contributed by atoms with Gasteiger partial charge in [0.05, 0.1) is 27.8 Å². The second-order valence-corrected chi connectivity index (χ2v) is 8.26. The molecule has 0 fully saturated rings. The largest absolute Gasteiger partial charge is 0.455 e. The number of para-hydroxylation sites is 2. The Morgan fingerprint density at radius 2 is 1.13 bits per heavy atom. The molecule has 0 saturated heterocycles. The van der Waals surface area contributed by atoms with Gasteiger partial charge in [-0.3, -0.25) is 0 Å². The van der Waals surface area contributed by atoms with Crippen LogP contribution in [0.4, 0.5) is 0 Å². The molecular formula is C25H13BrO5. The van der Waals surface area contributed by atoms with Gasteiger partial charge < -0.3 is 13.6 Å². The SMILES string of the molecule is O=c1oc2ccccc2c2c1C(c1ccc(Br)cc1)c1c(c3ccccc3oc1=O)O2. The highest BCUT2D eigenvalue weighted by molar-refractivity contribution is 9.10. The summed E-state index contributed by atoms with van der Waals surface area (Å²) in [4.78, 5) is 26.2. The molecule has 150 valence electrons. The molecule has 0 spiro atoms. The van der Waals surface area contributed by atoms with E-state index in [1.807, 2.05) is 48.5 Å². The summed E-state index contributed by atoms with van der Waals surface area (Å²) >= 11 is 3.44. The van der Waals surface area contributed by atoms with Gasteiger partial charge in [0.1, 0.15) is 22.7 Å². The second-order valence-electron chi connectivity index (χ2n) is 7.34. The van der Waals surface area contributed by atoms with Gasteiger partial charge in [-0.15, -0.1) is 0 Å². The molecular weight excluding hydrogens is 460 g/mol. The Labute approximate surface area is 183 Å². The van der Waals surface area contributed by atoms with Crippen molar-refractivity contribution in [2.75, 3.05) is 0 Å². The Kier molecular flexibility index (Phi) is 3.91. The number of hydrogen-bond acceptors (Lipinski definition) is 5. The van der Waals surface area contributed by atoms with E-state index in [0.717, 1.165) is 10.0 Å². The average molecular weight is 473 g/mol. The Bertz CT molecular complexity index is 1510. The fourth-order valence-corrected chi connectivity index (χ4v) is 4.49. The van der Waals surface area contributed by atoms with Gasteiger partial charge in [-0.2, -0.15) is 0 Å². The van der Waals surface area contributed by atoms with Crippen LogP contribution in [0.25, 0.3) is 21.9 Å².